The fourth-order valence-electron chi connectivity index (χ4n) is 2.64. The third kappa shape index (κ3) is 4.20. The molecule has 0 atom stereocenters. The summed E-state index contributed by atoms with van der Waals surface area (Å²) in [5, 5.41) is 22.7. The molecule has 0 spiro atoms. The summed E-state index contributed by atoms with van der Waals surface area (Å²) in [5.41, 5.74) is 2.78. The van der Waals surface area contributed by atoms with Crippen molar-refractivity contribution in [2.75, 3.05) is 0 Å². The summed E-state index contributed by atoms with van der Waals surface area (Å²) >= 11 is 1.17. The molecular weight excluding hydrogens is 361 g/mol. The van der Waals surface area contributed by atoms with Crippen molar-refractivity contribution >= 4 is 17.6 Å². The lowest BCUT2D eigenvalue weighted by Gasteiger charge is -2.04. The van der Waals surface area contributed by atoms with Crippen LogP contribution in [0.4, 0.5) is 4.39 Å². The number of benzene rings is 2. The zero-order valence-corrected chi connectivity index (χ0v) is 15.0. The first-order valence-electron chi connectivity index (χ1n) is 8.13. The minimum Gasteiger partial charge on any atom is -0.391 e. The van der Waals surface area contributed by atoms with E-state index in [1.165, 1.54) is 23.6 Å². The molecule has 4 nitrogen and oxygen atoms in total. The van der Waals surface area contributed by atoms with Crippen molar-refractivity contribution in [3.05, 3.63) is 81.3 Å². The quantitative estimate of drug-likeness (QED) is 0.447. The van der Waals surface area contributed by atoms with E-state index in [1.54, 1.807) is 18.2 Å². The lowest BCUT2D eigenvalue weighted by molar-refractivity contribution is 0.129. The molecule has 0 radical (unpaired) electrons. The molecule has 0 saturated carbocycles. The number of hydrogen-bond acceptors (Lipinski definition) is 5. The van der Waals surface area contributed by atoms with E-state index in [4.69, 9.17) is 4.84 Å². The molecule has 0 aliphatic carbocycles. The third-order valence-corrected chi connectivity index (χ3v) is 4.94. The van der Waals surface area contributed by atoms with E-state index >= 15 is 0 Å². The molecule has 27 heavy (non-hydrogen) atoms. The van der Waals surface area contributed by atoms with Crippen molar-refractivity contribution in [3.63, 3.8) is 0 Å². The van der Waals surface area contributed by atoms with E-state index in [-0.39, 0.29) is 12.4 Å². The summed E-state index contributed by atoms with van der Waals surface area (Å²) in [6.45, 7) is 0.0207. The zero-order chi connectivity index (χ0) is 19.1. The molecule has 2 aromatic carbocycles. The Balaban J connectivity index is 1.78. The van der Waals surface area contributed by atoms with Crippen LogP contribution in [-0.2, 0) is 17.9 Å². The number of rotatable bonds is 6. The largest absolute Gasteiger partial charge is 0.391 e. The minimum absolute atomic E-state index is 0.0207. The van der Waals surface area contributed by atoms with Crippen molar-refractivity contribution in [2.45, 2.75) is 13.0 Å². The summed E-state index contributed by atoms with van der Waals surface area (Å²) in [5.74, 6) is -0.345. The van der Waals surface area contributed by atoms with Gasteiger partial charge in [0.1, 0.15) is 34.3 Å². The summed E-state index contributed by atoms with van der Waals surface area (Å²) in [4.78, 5) is 6.13. The molecule has 1 aromatic heterocycles. The first-order chi connectivity index (χ1) is 13.2. The van der Waals surface area contributed by atoms with Gasteiger partial charge in [0.25, 0.3) is 0 Å². The van der Waals surface area contributed by atoms with E-state index in [2.05, 4.69) is 17.3 Å². The summed E-state index contributed by atoms with van der Waals surface area (Å²) < 4.78 is 13.5. The lowest BCUT2D eigenvalue weighted by atomic mass is 9.99. The SMILES string of the molecule is N#Cc1sc(C#N)c(-c2ccccc2)c1C/C=N/OCc1ccccc1F. The molecule has 0 bridgehead atoms. The predicted octanol–water partition coefficient (Wildman–Crippen LogP) is 5.04. The van der Waals surface area contributed by atoms with Crippen LogP contribution in [0.15, 0.2) is 59.8 Å². The molecule has 0 amide bonds. The van der Waals surface area contributed by atoms with Crippen molar-refractivity contribution in [3.8, 4) is 23.3 Å². The second kappa shape index (κ2) is 8.75. The molecule has 0 unspecified atom stereocenters. The van der Waals surface area contributed by atoms with Crippen LogP contribution in [0.25, 0.3) is 11.1 Å². The standard InChI is InChI=1S/C21H14FN3OS/c22-18-9-5-4-8-16(18)14-26-25-11-10-17-19(12-23)27-20(13-24)21(17)15-6-2-1-3-7-15/h1-9,11H,10,14H2/b25-11+. The van der Waals surface area contributed by atoms with Gasteiger partial charge in [-0.2, -0.15) is 10.5 Å². The van der Waals surface area contributed by atoms with Gasteiger partial charge in [0.05, 0.1) is 0 Å². The number of nitrogens with zero attached hydrogens (tertiary/aromatic N) is 3. The van der Waals surface area contributed by atoms with E-state index in [1.807, 2.05) is 30.3 Å². The Morgan fingerprint density at radius 3 is 2.41 bits per heavy atom. The van der Waals surface area contributed by atoms with Crippen LogP contribution in [0, 0.1) is 28.5 Å². The van der Waals surface area contributed by atoms with Crippen LogP contribution < -0.4 is 0 Å². The average Bonchev–Trinajstić information content (AvgIpc) is 3.07. The Bertz CT molecular complexity index is 1050. The first kappa shape index (κ1) is 18.3. The van der Waals surface area contributed by atoms with E-state index in [0.29, 0.717) is 21.7 Å². The number of thiophene rings is 1. The second-order valence-electron chi connectivity index (χ2n) is 5.56. The van der Waals surface area contributed by atoms with Crippen LogP contribution >= 0.6 is 11.3 Å². The topological polar surface area (TPSA) is 69.2 Å². The smallest absolute Gasteiger partial charge is 0.145 e. The number of nitriles is 2. The fourth-order valence-corrected chi connectivity index (χ4v) is 3.59. The van der Waals surface area contributed by atoms with Gasteiger partial charge >= 0.3 is 0 Å². The van der Waals surface area contributed by atoms with Gasteiger partial charge in [-0.05, 0) is 17.2 Å². The van der Waals surface area contributed by atoms with Crippen LogP contribution in [0.2, 0.25) is 0 Å². The van der Waals surface area contributed by atoms with Gasteiger partial charge in [-0.1, -0.05) is 53.7 Å². The van der Waals surface area contributed by atoms with Gasteiger partial charge < -0.3 is 4.84 Å². The maximum Gasteiger partial charge on any atom is 0.145 e. The highest BCUT2D eigenvalue weighted by Crippen LogP contribution is 2.36. The maximum atomic E-state index is 13.5. The van der Waals surface area contributed by atoms with Crippen LogP contribution in [0.3, 0.4) is 0 Å². The van der Waals surface area contributed by atoms with Gasteiger partial charge in [0.15, 0.2) is 0 Å². The molecule has 0 aliphatic heterocycles. The molecule has 1 heterocycles. The molecule has 0 saturated heterocycles. The second-order valence-corrected chi connectivity index (χ2v) is 6.58. The third-order valence-electron chi connectivity index (χ3n) is 3.89. The van der Waals surface area contributed by atoms with E-state index < -0.39 is 0 Å². The summed E-state index contributed by atoms with van der Waals surface area (Å²) in [6.07, 6.45) is 1.86. The van der Waals surface area contributed by atoms with Gasteiger partial charge in [-0.3, -0.25) is 0 Å². The van der Waals surface area contributed by atoms with Crippen LogP contribution in [0.5, 0.6) is 0 Å². The molecule has 0 fully saturated rings. The number of halogens is 1. The average molecular weight is 375 g/mol. The van der Waals surface area contributed by atoms with Gasteiger partial charge in [-0.25, -0.2) is 4.39 Å². The molecule has 132 valence electrons. The highest BCUT2D eigenvalue weighted by atomic mass is 32.1. The van der Waals surface area contributed by atoms with E-state index in [9.17, 15) is 14.9 Å². The van der Waals surface area contributed by atoms with Gasteiger partial charge in [0, 0.05) is 23.8 Å². The monoisotopic (exact) mass is 375 g/mol. The minimum atomic E-state index is -0.345. The Morgan fingerprint density at radius 1 is 1.00 bits per heavy atom. The number of oxime groups is 1. The number of hydrogen-bond donors (Lipinski definition) is 0. The Morgan fingerprint density at radius 2 is 1.70 bits per heavy atom. The Labute approximate surface area is 160 Å². The normalized spacial score (nSPS) is 10.5. The van der Waals surface area contributed by atoms with Crippen molar-refractivity contribution in [1.82, 2.24) is 0 Å². The highest BCUT2D eigenvalue weighted by Gasteiger charge is 2.18. The lowest BCUT2D eigenvalue weighted by Crippen LogP contribution is -1.94. The molecular formula is C21H14FN3OS. The highest BCUT2D eigenvalue weighted by molar-refractivity contribution is 7.13. The zero-order valence-electron chi connectivity index (χ0n) is 14.2. The van der Waals surface area contributed by atoms with Crippen molar-refractivity contribution in [1.29, 1.82) is 10.5 Å². The van der Waals surface area contributed by atoms with Crippen LogP contribution in [0.1, 0.15) is 20.9 Å². The molecule has 3 rings (SSSR count). The Kier molecular flexibility index (Phi) is 5.94. The van der Waals surface area contributed by atoms with Crippen molar-refractivity contribution in [2.24, 2.45) is 5.16 Å². The van der Waals surface area contributed by atoms with Gasteiger partial charge in [0.2, 0.25) is 0 Å². The molecule has 3 aromatic rings. The summed E-state index contributed by atoms with van der Waals surface area (Å²) in [6, 6.07) is 20.1. The molecule has 0 aliphatic rings. The van der Waals surface area contributed by atoms with Crippen molar-refractivity contribution < 1.29 is 9.23 Å². The summed E-state index contributed by atoms with van der Waals surface area (Å²) in [7, 11) is 0. The fraction of sp³-hybridized carbons (Fsp3) is 0.0952. The maximum absolute atomic E-state index is 13.5. The van der Waals surface area contributed by atoms with Gasteiger partial charge in [-0.15, -0.1) is 11.3 Å². The predicted molar refractivity (Wildman–Crippen MR) is 103 cm³/mol. The first-order valence-corrected chi connectivity index (χ1v) is 8.94. The van der Waals surface area contributed by atoms with Crippen LogP contribution in [-0.4, -0.2) is 6.21 Å². The molecule has 0 N–H and O–H groups in total. The van der Waals surface area contributed by atoms with E-state index in [0.717, 1.165) is 16.7 Å². The molecule has 6 heteroatoms. The Hall–Kier alpha value is -3.48.